The largest absolute Gasteiger partial charge is 0.343 e. The minimum Gasteiger partial charge on any atom is -0.343 e. The summed E-state index contributed by atoms with van der Waals surface area (Å²) in [7, 11) is 0. The fourth-order valence-electron chi connectivity index (χ4n) is 4.47. The number of hydrogen-bond acceptors (Lipinski definition) is 3. The molecular formula is C23H34N4O. The predicted molar refractivity (Wildman–Crippen MR) is 112 cm³/mol. The van der Waals surface area contributed by atoms with Gasteiger partial charge in [-0.25, -0.2) is 4.98 Å². The Morgan fingerprint density at radius 1 is 1.21 bits per heavy atom. The van der Waals surface area contributed by atoms with Crippen LogP contribution < -0.4 is 0 Å². The summed E-state index contributed by atoms with van der Waals surface area (Å²) in [5, 5.41) is 4.26. The van der Waals surface area contributed by atoms with Crippen molar-refractivity contribution in [3.63, 3.8) is 0 Å². The molecule has 1 atom stereocenters. The molecule has 1 aromatic carbocycles. The smallest absolute Gasteiger partial charge is 0.222 e. The molecule has 1 amide bonds. The lowest BCUT2D eigenvalue weighted by atomic mass is 9.66. The van der Waals surface area contributed by atoms with Gasteiger partial charge < -0.3 is 4.90 Å². The highest BCUT2D eigenvalue weighted by Crippen LogP contribution is 2.44. The highest BCUT2D eigenvalue weighted by Gasteiger charge is 2.39. The molecule has 28 heavy (non-hydrogen) atoms. The van der Waals surface area contributed by atoms with Crippen molar-refractivity contribution in [2.24, 2.45) is 11.3 Å². The summed E-state index contributed by atoms with van der Waals surface area (Å²) < 4.78 is 1.93. The minimum absolute atomic E-state index is 0.300. The lowest BCUT2D eigenvalue weighted by Crippen LogP contribution is -2.46. The third-order valence-electron chi connectivity index (χ3n) is 6.82. The fourth-order valence-corrected chi connectivity index (χ4v) is 4.47. The van der Waals surface area contributed by atoms with Gasteiger partial charge in [0.15, 0.2) is 0 Å². The van der Waals surface area contributed by atoms with Crippen LogP contribution in [0.1, 0.15) is 57.1 Å². The molecule has 5 nitrogen and oxygen atoms in total. The van der Waals surface area contributed by atoms with E-state index < -0.39 is 0 Å². The van der Waals surface area contributed by atoms with Crippen LogP contribution in [0.15, 0.2) is 36.9 Å². The Hall–Kier alpha value is -2.17. The monoisotopic (exact) mass is 382 g/mol. The van der Waals surface area contributed by atoms with E-state index in [4.69, 9.17) is 0 Å². The van der Waals surface area contributed by atoms with Crippen LogP contribution >= 0.6 is 0 Å². The maximum Gasteiger partial charge on any atom is 0.222 e. The summed E-state index contributed by atoms with van der Waals surface area (Å²) in [5.74, 6) is 0.954. The lowest BCUT2D eigenvalue weighted by Gasteiger charge is -2.46. The standard InChI is InChI=1S/C23H34N4O/c1-4-20(3)23(13-16-27-18-24-17-25-27)11-14-26(15-12-23)22(28)10-9-21-7-5-19(2)6-8-21/h5-8,17-18,20H,4,9-16H2,1-3H3. The van der Waals surface area contributed by atoms with Gasteiger partial charge in [0.05, 0.1) is 0 Å². The molecule has 1 aromatic heterocycles. The maximum absolute atomic E-state index is 12.7. The van der Waals surface area contributed by atoms with E-state index in [1.807, 2.05) is 4.68 Å². The molecule has 0 spiro atoms. The second-order valence-corrected chi connectivity index (χ2v) is 8.45. The van der Waals surface area contributed by atoms with E-state index in [1.54, 1.807) is 12.7 Å². The number of hydrogen-bond donors (Lipinski definition) is 0. The van der Waals surface area contributed by atoms with E-state index >= 15 is 0 Å². The number of piperidine rings is 1. The van der Waals surface area contributed by atoms with E-state index in [1.165, 1.54) is 17.5 Å². The molecular weight excluding hydrogens is 348 g/mol. The van der Waals surface area contributed by atoms with Crippen molar-refractivity contribution in [2.45, 2.75) is 65.8 Å². The summed E-state index contributed by atoms with van der Waals surface area (Å²) in [6, 6.07) is 8.51. The van der Waals surface area contributed by atoms with Gasteiger partial charge in [0.25, 0.3) is 0 Å². The lowest BCUT2D eigenvalue weighted by molar-refractivity contribution is -0.134. The Morgan fingerprint density at radius 3 is 2.54 bits per heavy atom. The topological polar surface area (TPSA) is 51.0 Å². The average Bonchev–Trinajstić information content (AvgIpc) is 3.25. The van der Waals surface area contributed by atoms with Crippen molar-refractivity contribution < 1.29 is 4.79 Å². The summed E-state index contributed by atoms with van der Waals surface area (Å²) in [4.78, 5) is 18.9. The molecule has 1 aliphatic rings. The van der Waals surface area contributed by atoms with E-state index in [9.17, 15) is 4.79 Å². The molecule has 1 unspecified atom stereocenters. The Labute approximate surface area is 169 Å². The van der Waals surface area contributed by atoms with Gasteiger partial charge in [-0.15, -0.1) is 0 Å². The Morgan fingerprint density at radius 2 is 1.93 bits per heavy atom. The first-order valence-corrected chi connectivity index (χ1v) is 10.7. The zero-order valence-corrected chi connectivity index (χ0v) is 17.6. The van der Waals surface area contributed by atoms with Crippen molar-refractivity contribution in [2.75, 3.05) is 13.1 Å². The summed E-state index contributed by atoms with van der Waals surface area (Å²) in [5.41, 5.74) is 2.81. The average molecular weight is 383 g/mol. The van der Waals surface area contributed by atoms with Crippen LogP contribution in [0, 0.1) is 18.3 Å². The van der Waals surface area contributed by atoms with Crippen LogP contribution in [-0.4, -0.2) is 38.7 Å². The quantitative estimate of drug-likeness (QED) is 0.685. The zero-order valence-electron chi connectivity index (χ0n) is 17.6. The molecule has 152 valence electrons. The van der Waals surface area contributed by atoms with Crippen LogP contribution in [0.2, 0.25) is 0 Å². The van der Waals surface area contributed by atoms with E-state index in [0.717, 1.165) is 45.3 Å². The van der Waals surface area contributed by atoms with Crippen LogP contribution in [0.25, 0.3) is 0 Å². The Kier molecular flexibility index (Phi) is 6.87. The number of benzene rings is 1. The minimum atomic E-state index is 0.300. The molecule has 0 saturated carbocycles. The highest BCUT2D eigenvalue weighted by atomic mass is 16.2. The number of carbonyl (C=O) groups excluding carboxylic acids is 1. The third-order valence-corrected chi connectivity index (χ3v) is 6.82. The highest BCUT2D eigenvalue weighted by molar-refractivity contribution is 5.76. The molecule has 1 saturated heterocycles. The number of aromatic nitrogens is 3. The number of rotatable bonds is 8. The second-order valence-electron chi connectivity index (χ2n) is 8.45. The van der Waals surface area contributed by atoms with Gasteiger partial charge in [-0.2, -0.15) is 5.10 Å². The van der Waals surface area contributed by atoms with Gasteiger partial charge in [0, 0.05) is 26.1 Å². The Bertz CT molecular complexity index is 730. The van der Waals surface area contributed by atoms with Crippen LogP contribution in [0.3, 0.4) is 0 Å². The van der Waals surface area contributed by atoms with E-state index in [0.29, 0.717) is 23.7 Å². The van der Waals surface area contributed by atoms with Gasteiger partial charge in [-0.3, -0.25) is 9.48 Å². The van der Waals surface area contributed by atoms with Crippen molar-refractivity contribution >= 4 is 5.91 Å². The predicted octanol–water partition coefficient (Wildman–Crippen LogP) is 4.26. The van der Waals surface area contributed by atoms with Gasteiger partial charge in [0.1, 0.15) is 12.7 Å². The molecule has 3 rings (SSSR count). The molecule has 0 aliphatic carbocycles. The Balaban J connectivity index is 1.53. The van der Waals surface area contributed by atoms with Crippen LogP contribution in [0.4, 0.5) is 0 Å². The number of likely N-dealkylation sites (tertiary alicyclic amines) is 1. The molecule has 1 aliphatic heterocycles. The van der Waals surface area contributed by atoms with Gasteiger partial charge in [0.2, 0.25) is 5.91 Å². The zero-order chi connectivity index (χ0) is 20.0. The SMILES string of the molecule is CCC(C)C1(CCn2cncn2)CCN(C(=O)CCc2ccc(C)cc2)CC1. The molecule has 2 heterocycles. The molecule has 1 fully saturated rings. The van der Waals surface area contributed by atoms with Gasteiger partial charge >= 0.3 is 0 Å². The van der Waals surface area contributed by atoms with E-state index in [2.05, 4.69) is 60.0 Å². The van der Waals surface area contributed by atoms with Crippen molar-refractivity contribution in [3.05, 3.63) is 48.0 Å². The van der Waals surface area contributed by atoms with E-state index in [-0.39, 0.29) is 0 Å². The van der Waals surface area contributed by atoms with Crippen molar-refractivity contribution in [3.8, 4) is 0 Å². The second kappa shape index (κ2) is 9.35. The molecule has 0 radical (unpaired) electrons. The first kappa shape index (κ1) is 20.6. The van der Waals surface area contributed by atoms with Crippen LogP contribution in [-0.2, 0) is 17.8 Å². The van der Waals surface area contributed by atoms with Crippen molar-refractivity contribution in [1.82, 2.24) is 19.7 Å². The molecule has 0 N–H and O–H groups in total. The van der Waals surface area contributed by atoms with Crippen molar-refractivity contribution in [1.29, 1.82) is 0 Å². The fraction of sp³-hybridized carbons (Fsp3) is 0.609. The number of nitrogens with zero attached hydrogens (tertiary/aromatic N) is 4. The first-order chi connectivity index (χ1) is 13.5. The van der Waals surface area contributed by atoms with Gasteiger partial charge in [-0.1, -0.05) is 50.1 Å². The third kappa shape index (κ3) is 5.00. The number of carbonyl (C=O) groups is 1. The molecule has 2 aromatic rings. The summed E-state index contributed by atoms with van der Waals surface area (Å²) >= 11 is 0. The first-order valence-electron chi connectivity index (χ1n) is 10.7. The van der Waals surface area contributed by atoms with Gasteiger partial charge in [-0.05, 0) is 49.5 Å². The molecule has 0 bridgehead atoms. The number of amides is 1. The molecule has 5 heteroatoms. The van der Waals surface area contributed by atoms with Crippen LogP contribution in [0.5, 0.6) is 0 Å². The maximum atomic E-state index is 12.7. The number of aryl methyl sites for hydroxylation is 3. The summed E-state index contributed by atoms with van der Waals surface area (Å²) in [6.07, 6.45) is 9.31. The normalized spacial score (nSPS) is 17.5. The summed E-state index contributed by atoms with van der Waals surface area (Å²) in [6.45, 7) is 9.42.